The van der Waals surface area contributed by atoms with Crippen molar-refractivity contribution in [1.82, 2.24) is 10.2 Å². The van der Waals surface area contributed by atoms with Crippen LogP contribution in [0.3, 0.4) is 0 Å². The second-order valence-electron chi connectivity index (χ2n) is 9.05. The monoisotopic (exact) mass is 372 g/mol. The van der Waals surface area contributed by atoms with E-state index in [1.807, 2.05) is 23.1 Å². The molecule has 2 heterocycles. The molecule has 5 heteroatoms. The summed E-state index contributed by atoms with van der Waals surface area (Å²) in [4.78, 5) is 27.0. The molecule has 0 saturated carbocycles. The summed E-state index contributed by atoms with van der Waals surface area (Å²) in [5, 5.41) is 2.98. The van der Waals surface area contributed by atoms with Crippen molar-refractivity contribution in [1.29, 1.82) is 0 Å². The molecule has 0 bridgehead atoms. The van der Waals surface area contributed by atoms with Crippen LogP contribution in [0.2, 0.25) is 0 Å². The van der Waals surface area contributed by atoms with Crippen LogP contribution >= 0.6 is 0 Å². The summed E-state index contributed by atoms with van der Waals surface area (Å²) < 4.78 is 6.26. The molecule has 2 fully saturated rings. The van der Waals surface area contributed by atoms with Crippen molar-refractivity contribution >= 4 is 11.8 Å². The lowest BCUT2D eigenvalue weighted by Crippen LogP contribution is -2.51. The van der Waals surface area contributed by atoms with Gasteiger partial charge in [-0.25, -0.2) is 0 Å². The number of hydrogen-bond donors (Lipinski definition) is 1. The van der Waals surface area contributed by atoms with Crippen molar-refractivity contribution in [2.45, 2.75) is 89.6 Å². The second-order valence-corrected chi connectivity index (χ2v) is 9.05. The molecule has 1 aromatic carbocycles. The quantitative estimate of drug-likeness (QED) is 0.862. The van der Waals surface area contributed by atoms with E-state index < -0.39 is 5.60 Å². The van der Waals surface area contributed by atoms with Crippen LogP contribution in [-0.2, 0) is 20.9 Å². The lowest BCUT2D eigenvalue weighted by molar-refractivity contribution is -0.140. The first-order valence-electron chi connectivity index (χ1n) is 9.99. The molecule has 5 nitrogen and oxygen atoms in total. The lowest BCUT2D eigenvalue weighted by atomic mass is 9.91. The van der Waals surface area contributed by atoms with Crippen LogP contribution in [0.25, 0.3) is 0 Å². The van der Waals surface area contributed by atoms with Crippen LogP contribution in [0, 0.1) is 0 Å². The first kappa shape index (κ1) is 19.9. The minimum absolute atomic E-state index is 0.000465. The Kier molecular flexibility index (Phi) is 5.61. The number of hydrogen-bond acceptors (Lipinski definition) is 3. The third kappa shape index (κ3) is 4.89. The van der Waals surface area contributed by atoms with Gasteiger partial charge in [-0.2, -0.15) is 0 Å². The zero-order valence-corrected chi connectivity index (χ0v) is 17.0. The maximum atomic E-state index is 13.3. The molecule has 1 N–H and O–H groups in total. The van der Waals surface area contributed by atoms with Crippen LogP contribution in [0.4, 0.5) is 0 Å². The summed E-state index contributed by atoms with van der Waals surface area (Å²) >= 11 is 0. The number of carbonyl (C=O) groups is 2. The molecule has 2 saturated heterocycles. The Hall–Kier alpha value is -1.88. The summed E-state index contributed by atoms with van der Waals surface area (Å²) in [5.74, 6) is 0.143. The van der Waals surface area contributed by atoms with Gasteiger partial charge in [-0.15, -0.1) is 0 Å². The van der Waals surface area contributed by atoms with Crippen molar-refractivity contribution in [2.75, 3.05) is 0 Å². The fourth-order valence-corrected chi connectivity index (χ4v) is 4.53. The molecule has 2 atom stereocenters. The van der Waals surface area contributed by atoms with Crippen LogP contribution in [-0.4, -0.2) is 40.0 Å². The smallest absolute Gasteiger partial charge is 0.225 e. The van der Waals surface area contributed by atoms with E-state index in [1.165, 1.54) is 0 Å². The first-order chi connectivity index (χ1) is 12.7. The molecule has 27 heavy (non-hydrogen) atoms. The van der Waals surface area contributed by atoms with Crippen LogP contribution in [0.1, 0.15) is 65.4 Å². The zero-order valence-electron chi connectivity index (χ0n) is 17.0. The second kappa shape index (κ2) is 7.63. The van der Waals surface area contributed by atoms with E-state index >= 15 is 0 Å². The minimum Gasteiger partial charge on any atom is -0.367 e. The van der Waals surface area contributed by atoms with Crippen molar-refractivity contribution < 1.29 is 14.3 Å². The summed E-state index contributed by atoms with van der Waals surface area (Å²) in [6.07, 6.45) is 3.44. The highest BCUT2D eigenvalue weighted by Crippen LogP contribution is 2.41. The van der Waals surface area contributed by atoms with Crippen molar-refractivity contribution in [2.24, 2.45) is 0 Å². The fraction of sp³-hybridized carbons (Fsp3) is 0.636. The summed E-state index contributed by atoms with van der Waals surface area (Å²) in [5.41, 5.74) is 0.436. The predicted octanol–water partition coefficient (Wildman–Crippen LogP) is 3.42. The molecule has 2 aliphatic rings. The van der Waals surface area contributed by atoms with Crippen LogP contribution < -0.4 is 5.32 Å². The normalized spacial score (nSPS) is 26.4. The van der Waals surface area contributed by atoms with E-state index in [1.54, 1.807) is 0 Å². The van der Waals surface area contributed by atoms with Gasteiger partial charge in [-0.3, -0.25) is 9.59 Å². The zero-order chi connectivity index (χ0) is 19.7. The Bertz CT molecular complexity index is 684. The van der Waals surface area contributed by atoms with Crippen molar-refractivity contribution in [3.8, 4) is 0 Å². The summed E-state index contributed by atoms with van der Waals surface area (Å²) in [6.45, 7) is 8.87. The minimum atomic E-state index is -0.413. The number of rotatable bonds is 5. The molecule has 0 aromatic heterocycles. The van der Waals surface area contributed by atoms with Crippen LogP contribution in [0.5, 0.6) is 0 Å². The Morgan fingerprint density at radius 3 is 2.52 bits per heavy atom. The molecule has 0 aliphatic carbocycles. The van der Waals surface area contributed by atoms with E-state index in [-0.39, 0.29) is 29.5 Å². The van der Waals surface area contributed by atoms with E-state index in [2.05, 4.69) is 45.1 Å². The number of ether oxygens (including phenoxy) is 1. The molecule has 0 spiro atoms. The highest BCUT2D eigenvalue weighted by molar-refractivity contribution is 5.80. The molecular weight excluding hydrogens is 340 g/mol. The molecule has 2 unspecified atom stereocenters. The van der Waals surface area contributed by atoms with Gasteiger partial charge in [0.15, 0.2) is 0 Å². The molecule has 3 rings (SSSR count). The van der Waals surface area contributed by atoms with E-state index in [4.69, 9.17) is 4.74 Å². The fourth-order valence-electron chi connectivity index (χ4n) is 4.53. The summed E-state index contributed by atoms with van der Waals surface area (Å²) in [7, 11) is 0. The SMILES string of the molecule is CC1(C)CC(N(Cc2ccccc2)C(=O)CC2CCCC(=O)N2)C(C)(C)O1. The van der Waals surface area contributed by atoms with Crippen LogP contribution in [0.15, 0.2) is 30.3 Å². The molecule has 2 aliphatic heterocycles. The molecule has 0 radical (unpaired) electrons. The average Bonchev–Trinajstić information content (AvgIpc) is 2.80. The lowest BCUT2D eigenvalue weighted by Gasteiger charge is -2.37. The standard InChI is InChI=1S/C22H32N2O3/c1-21(2)14-18(22(3,4)27-21)24(15-16-9-6-5-7-10-16)20(26)13-17-11-8-12-19(25)23-17/h5-7,9-10,17-18H,8,11-15H2,1-4H3,(H,23,25). The predicted molar refractivity (Wildman–Crippen MR) is 105 cm³/mol. The maximum Gasteiger partial charge on any atom is 0.225 e. The molecule has 2 amide bonds. The third-order valence-electron chi connectivity index (χ3n) is 5.66. The van der Waals surface area contributed by atoms with E-state index in [0.717, 1.165) is 24.8 Å². The van der Waals surface area contributed by atoms with E-state index in [9.17, 15) is 9.59 Å². The van der Waals surface area contributed by atoms with E-state index in [0.29, 0.717) is 19.4 Å². The number of carbonyl (C=O) groups excluding carboxylic acids is 2. The largest absolute Gasteiger partial charge is 0.367 e. The van der Waals surface area contributed by atoms with Gasteiger partial charge in [0.25, 0.3) is 0 Å². The molecule has 148 valence electrons. The van der Waals surface area contributed by atoms with Gasteiger partial charge >= 0.3 is 0 Å². The summed E-state index contributed by atoms with van der Waals surface area (Å²) in [6, 6.07) is 10.0. The van der Waals surface area contributed by atoms with Gasteiger partial charge in [-0.05, 0) is 52.5 Å². The molecule has 1 aromatic rings. The maximum absolute atomic E-state index is 13.3. The average molecular weight is 373 g/mol. The van der Waals surface area contributed by atoms with Crippen molar-refractivity contribution in [3.63, 3.8) is 0 Å². The Labute approximate surface area is 162 Å². The Morgan fingerprint density at radius 1 is 1.22 bits per heavy atom. The number of benzene rings is 1. The number of amides is 2. The highest BCUT2D eigenvalue weighted by atomic mass is 16.5. The van der Waals surface area contributed by atoms with Gasteiger partial charge < -0.3 is 15.0 Å². The third-order valence-corrected chi connectivity index (χ3v) is 5.66. The Balaban J connectivity index is 1.81. The Morgan fingerprint density at radius 2 is 1.93 bits per heavy atom. The topological polar surface area (TPSA) is 58.6 Å². The van der Waals surface area contributed by atoms with Gasteiger partial charge in [0, 0.05) is 25.4 Å². The van der Waals surface area contributed by atoms with Gasteiger partial charge in [0.2, 0.25) is 11.8 Å². The number of nitrogens with one attached hydrogen (secondary N) is 1. The van der Waals surface area contributed by atoms with Gasteiger partial charge in [0.1, 0.15) is 0 Å². The molecular formula is C22H32N2O3. The van der Waals surface area contributed by atoms with Gasteiger partial charge in [-0.1, -0.05) is 30.3 Å². The highest BCUT2D eigenvalue weighted by Gasteiger charge is 2.49. The number of piperidine rings is 1. The first-order valence-corrected chi connectivity index (χ1v) is 9.99. The van der Waals surface area contributed by atoms with Gasteiger partial charge in [0.05, 0.1) is 17.2 Å². The van der Waals surface area contributed by atoms with Crippen molar-refractivity contribution in [3.05, 3.63) is 35.9 Å². The number of nitrogens with zero attached hydrogens (tertiary/aromatic N) is 1.